The van der Waals surface area contributed by atoms with Gasteiger partial charge in [0.25, 0.3) is 0 Å². The van der Waals surface area contributed by atoms with Crippen molar-refractivity contribution in [2.24, 2.45) is 0 Å². The molecule has 6 heteroatoms. The van der Waals surface area contributed by atoms with Gasteiger partial charge in [-0.3, -0.25) is 0 Å². The minimum absolute atomic E-state index is 0.375. The maximum absolute atomic E-state index is 13.7. The van der Waals surface area contributed by atoms with Gasteiger partial charge in [-0.15, -0.1) is 0 Å². The molecule has 2 aliphatic rings. The molecule has 0 heterocycles. The quantitative estimate of drug-likeness (QED) is 0.702. The highest BCUT2D eigenvalue weighted by molar-refractivity contribution is 8.10. The molecule has 0 amide bonds. The van der Waals surface area contributed by atoms with Crippen molar-refractivity contribution in [2.75, 3.05) is 0 Å². The van der Waals surface area contributed by atoms with E-state index in [-0.39, 0.29) is 0 Å². The Balaban J connectivity index is 2.16. The minimum Gasteiger partial charge on any atom is -0.227 e. The number of hydrogen-bond acceptors (Lipinski definition) is 4. The first-order chi connectivity index (χ1) is 12.3. The standard InChI is InChI=1S/C20H28O4S2/c1-20(17-11-5-2-6-12-17,25(21,22)18-13-7-3-8-14-18)26(23,24)19-15-9-4-10-16-19/h2-3,5-7,11-12,18-19H,4,8-10,13-16H2,1H3. The summed E-state index contributed by atoms with van der Waals surface area (Å²) in [5.74, 6) is 0. The van der Waals surface area contributed by atoms with Crippen LogP contribution in [0.3, 0.4) is 0 Å². The van der Waals surface area contributed by atoms with Crippen molar-refractivity contribution in [2.45, 2.75) is 72.9 Å². The molecule has 4 nitrogen and oxygen atoms in total. The second-order valence-electron chi connectivity index (χ2n) is 7.57. The fraction of sp³-hybridized carbons (Fsp3) is 0.600. The highest BCUT2D eigenvalue weighted by Gasteiger charge is 2.57. The maximum atomic E-state index is 13.7. The van der Waals surface area contributed by atoms with Crippen LogP contribution in [-0.4, -0.2) is 27.3 Å². The van der Waals surface area contributed by atoms with Gasteiger partial charge in [0, 0.05) is 0 Å². The fourth-order valence-corrected chi connectivity index (χ4v) is 10.4. The zero-order chi connectivity index (χ0) is 18.8. The van der Waals surface area contributed by atoms with E-state index in [9.17, 15) is 16.8 Å². The summed E-state index contributed by atoms with van der Waals surface area (Å²) in [6.45, 7) is 1.43. The molecule has 0 spiro atoms. The van der Waals surface area contributed by atoms with Crippen molar-refractivity contribution in [1.82, 2.24) is 0 Å². The maximum Gasteiger partial charge on any atom is 0.195 e. The molecule has 0 saturated heterocycles. The molecule has 2 unspecified atom stereocenters. The molecule has 3 rings (SSSR count). The average molecular weight is 397 g/mol. The van der Waals surface area contributed by atoms with Crippen molar-refractivity contribution < 1.29 is 16.8 Å². The van der Waals surface area contributed by atoms with Crippen molar-refractivity contribution in [3.05, 3.63) is 48.0 Å². The zero-order valence-corrected chi connectivity index (χ0v) is 16.9. The largest absolute Gasteiger partial charge is 0.227 e. The second-order valence-corrected chi connectivity index (χ2v) is 13.0. The number of hydrogen-bond donors (Lipinski definition) is 0. The lowest BCUT2D eigenvalue weighted by atomic mass is 10.0. The van der Waals surface area contributed by atoms with Crippen LogP contribution in [0.25, 0.3) is 0 Å². The van der Waals surface area contributed by atoms with Crippen LogP contribution in [0.15, 0.2) is 42.5 Å². The Kier molecular flexibility index (Phi) is 5.63. The lowest BCUT2D eigenvalue weighted by molar-refractivity contribution is 0.471. The van der Waals surface area contributed by atoms with E-state index in [1.807, 2.05) is 12.2 Å². The average Bonchev–Trinajstić information content (AvgIpc) is 2.69. The van der Waals surface area contributed by atoms with Crippen LogP contribution < -0.4 is 0 Å². The summed E-state index contributed by atoms with van der Waals surface area (Å²) >= 11 is 0. The van der Waals surface area contributed by atoms with Gasteiger partial charge in [-0.1, -0.05) is 61.7 Å². The van der Waals surface area contributed by atoms with Crippen LogP contribution in [0, 0.1) is 0 Å². The van der Waals surface area contributed by atoms with E-state index in [0.29, 0.717) is 37.7 Å². The van der Waals surface area contributed by atoms with Gasteiger partial charge in [-0.25, -0.2) is 16.8 Å². The summed E-state index contributed by atoms with van der Waals surface area (Å²) in [5, 5.41) is -1.22. The number of benzene rings is 1. The lowest BCUT2D eigenvalue weighted by Crippen LogP contribution is -2.50. The third-order valence-electron chi connectivity index (χ3n) is 6.03. The van der Waals surface area contributed by atoms with Gasteiger partial charge in [-0.2, -0.15) is 0 Å². The van der Waals surface area contributed by atoms with E-state index in [0.717, 1.165) is 19.3 Å². The van der Waals surface area contributed by atoms with E-state index in [2.05, 4.69) is 0 Å². The Bertz CT molecular complexity index is 850. The van der Waals surface area contributed by atoms with Crippen LogP contribution in [0.1, 0.15) is 63.9 Å². The molecular weight excluding hydrogens is 368 g/mol. The van der Waals surface area contributed by atoms with Crippen LogP contribution in [0.4, 0.5) is 0 Å². The second kappa shape index (κ2) is 7.47. The van der Waals surface area contributed by atoms with Gasteiger partial charge in [0.15, 0.2) is 23.8 Å². The molecule has 1 aromatic carbocycles. The number of rotatable bonds is 5. The van der Waals surface area contributed by atoms with Crippen LogP contribution in [-0.2, 0) is 23.8 Å². The van der Waals surface area contributed by atoms with E-state index in [1.54, 1.807) is 30.3 Å². The Morgan fingerprint density at radius 1 is 0.808 bits per heavy atom. The van der Waals surface area contributed by atoms with Crippen LogP contribution in [0.2, 0.25) is 0 Å². The summed E-state index contributed by atoms with van der Waals surface area (Å²) in [6, 6.07) is 8.53. The Hall–Kier alpha value is -1.14. The van der Waals surface area contributed by atoms with Gasteiger partial charge in [0.1, 0.15) is 0 Å². The molecule has 0 radical (unpaired) electrons. The predicted molar refractivity (Wildman–Crippen MR) is 105 cm³/mol. The molecule has 144 valence electrons. The third-order valence-corrected chi connectivity index (χ3v) is 12.7. The normalized spacial score (nSPS) is 24.9. The first-order valence-corrected chi connectivity index (χ1v) is 12.6. The summed E-state index contributed by atoms with van der Waals surface area (Å²) < 4.78 is 52.9. The molecule has 0 aromatic heterocycles. The van der Waals surface area contributed by atoms with Crippen molar-refractivity contribution in [3.63, 3.8) is 0 Å². The summed E-state index contributed by atoms with van der Waals surface area (Å²) in [4.78, 5) is 0. The van der Waals surface area contributed by atoms with Gasteiger partial charge in [-0.05, 0) is 44.6 Å². The lowest BCUT2D eigenvalue weighted by Gasteiger charge is -2.37. The summed E-state index contributed by atoms with van der Waals surface area (Å²) in [5.41, 5.74) is 0.375. The minimum atomic E-state index is -3.92. The molecule has 0 bridgehead atoms. The third kappa shape index (κ3) is 3.15. The fourth-order valence-electron chi connectivity index (χ4n) is 4.29. The van der Waals surface area contributed by atoms with Crippen molar-refractivity contribution >= 4 is 19.7 Å². The SMILES string of the molecule is CC(c1ccccc1)(S(=O)(=O)C1CC=CCC1)S(=O)(=O)C1CCCCC1. The topological polar surface area (TPSA) is 68.3 Å². The Morgan fingerprint density at radius 2 is 1.42 bits per heavy atom. The predicted octanol–water partition coefficient (Wildman–Crippen LogP) is 4.13. The monoisotopic (exact) mass is 396 g/mol. The molecule has 1 fully saturated rings. The highest BCUT2D eigenvalue weighted by atomic mass is 32.3. The van der Waals surface area contributed by atoms with Crippen molar-refractivity contribution in [3.8, 4) is 0 Å². The van der Waals surface area contributed by atoms with E-state index >= 15 is 0 Å². The molecule has 26 heavy (non-hydrogen) atoms. The molecule has 2 atom stereocenters. The van der Waals surface area contributed by atoms with Crippen molar-refractivity contribution in [1.29, 1.82) is 0 Å². The molecule has 0 N–H and O–H groups in total. The van der Waals surface area contributed by atoms with E-state index < -0.39 is 34.3 Å². The number of allylic oxidation sites excluding steroid dienone is 2. The first-order valence-electron chi connectivity index (χ1n) is 9.49. The van der Waals surface area contributed by atoms with Gasteiger partial charge in [0.05, 0.1) is 10.5 Å². The molecule has 2 aliphatic carbocycles. The van der Waals surface area contributed by atoms with Gasteiger partial charge in [0.2, 0.25) is 0 Å². The summed E-state index contributed by atoms with van der Waals surface area (Å²) in [7, 11) is -7.82. The molecule has 1 saturated carbocycles. The van der Waals surface area contributed by atoms with E-state index in [1.165, 1.54) is 6.92 Å². The highest BCUT2D eigenvalue weighted by Crippen LogP contribution is 2.45. The van der Waals surface area contributed by atoms with Gasteiger partial charge < -0.3 is 0 Å². The molecular formula is C20H28O4S2. The summed E-state index contributed by atoms with van der Waals surface area (Å²) in [6.07, 6.45) is 9.24. The first kappa shape index (κ1) is 19.6. The molecule has 1 aromatic rings. The van der Waals surface area contributed by atoms with Crippen LogP contribution >= 0.6 is 0 Å². The zero-order valence-electron chi connectivity index (χ0n) is 15.3. The van der Waals surface area contributed by atoms with Gasteiger partial charge >= 0.3 is 0 Å². The van der Waals surface area contributed by atoms with E-state index in [4.69, 9.17) is 0 Å². The number of sulfone groups is 2. The van der Waals surface area contributed by atoms with Crippen LogP contribution in [0.5, 0.6) is 0 Å². The smallest absolute Gasteiger partial charge is 0.195 e. The Morgan fingerprint density at radius 3 is 2.00 bits per heavy atom. The Labute approximate surface area is 157 Å². The molecule has 0 aliphatic heterocycles.